The van der Waals surface area contributed by atoms with Crippen LogP contribution in [0.3, 0.4) is 0 Å². The monoisotopic (exact) mass is 1480 g/mol. The average molecular weight is 1490 g/mol. The number of hydrogen-bond acceptors (Lipinski definition) is 5. The van der Waals surface area contributed by atoms with Gasteiger partial charge in [-0.05, 0) is 154 Å². The molecule has 0 amide bonds. The molecule has 0 atom stereocenters. The Morgan fingerprint density at radius 3 is 1.60 bits per heavy atom. The number of fused-ring (bicyclic) bond motifs is 13. The van der Waals surface area contributed by atoms with Gasteiger partial charge < -0.3 is 23.8 Å². The minimum Gasteiger partial charge on any atom is -0.509 e. The van der Waals surface area contributed by atoms with E-state index in [0.29, 0.717) is 11.5 Å². The summed E-state index contributed by atoms with van der Waals surface area (Å²) in [7, 11) is 0. The van der Waals surface area contributed by atoms with Crippen LogP contribution in [-0.4, -0.2) is 9.55 Å². The third-order valence-electron chi connectivity index (χ3n) is 20.8. The zero-order valence-corrected chi connectivity index (χ0v) is 62.3. The summed E-state index contributed by atoms with van der Waals surface area (Å²) in [5.74, 6) is 3.73. The summed E-state index contributed by atoms with van der Waals surface area (Å²) in [6, 6.07) is 92.4. The van der Waals surface area contributed by atoms with Crippen molar-refractivity contribution in [3.05, 3.63) is 306 Å². The second-order valence-electron chi connectivity index (χ2n) is 32.6. The molecule has 1 spiro atoms. The van der Waals surface area contributed by atoms with Crippen LogP contribution in [0.1, 0.15) is 154 Å². The first kappa shape index (κ1) is 66.2. The summed E-state index contributed by atoms with van der Waals surface area (Å²) in [5.41, 5.74) is 25.2. The van der Waals surface area contributed by atoms with Crippen LogP contribution in [0.5, 0.6) is 23.0 Å². The topological polar surface area (TPSA) is 42.8 Å². The summed E-state index contributed by atoms with van der Waals surface area (Å²) < 4.78 is 16.0. The van der Waals surface area contributed by atoms with E-state index >= 15 is 0 Å². The maximum Gasteiger partial charge on any atom is 0.135 e. The maximum absolute atomic E-state index is 6.97. The molecule has 13 aromatic rings. The van der Waals surface area contributed by atoms with E-state index in [4.69, 9.17) is 14.5 Å². The van der Waals surface area contributed by atoms with Crippen molar-refractivity contribution in [2.45, 2.75) is 136 Å². The molecule has 16 rings (SSSR count). The van der Waals surface area contributed by atoms with Crippen LogP contribution in [0.25, 0.3) is 72.1 Å². The molecule has 0 saturated heterocycles. The number of benzene rings is 11. The van der Waals surface area contributed by atoms with Crippen molar-refractivity contribution in [2.75, 3.05) is 9.80 Å². The van der Waals surface area contributed by atoms with Crippen LogP contribution in [0, 0.1) is 18.8 Å². The van der Waals surface area contributed by atoms with Gasteiger partial charge in [-0.15, -0.1) is 48.1 Å². The largest absolute Gasteiger partial charge is 0.509 e. The molecule has 0 N–H and O–H groups in total. The van der Waals surface area contributed by atoms with Crippen molar-refractivity contribution >= 4 is 44.6 Å². The molecular weight excluding hydrogens is 1400 g/mol. The fourth-order valence-electron chi connectivity index (χ4n) is 15.4. The van der Waals surface area contributed by atoms with E-state index in [1.165, 1.54) is 55.6 Å². The van der Waals surface area contributed by atoms with Crippen LogP contribution >= 0.6 is 0 Å². The smallest absolute Gasteiger partial charge is 0.135 e. The van der Waals surface area contributed by atoms with Crippen LogP contribution < -0.4 is 19.3 Å². The van der Waals surface area contributed by atoms with E-state index in [1.54, 1.807) is 0 Å². The number of nitrogens with zero attached hydrogens (tertiary/aromatic N) is 4. The quantitative estimate of drug-likeness (QED) is 0.142. The third-order valence-corrected chi connectivity index (χ3v) is 20.8. The van der Waals surface area contributed by atoms with Crippen molar-refractivity contribution in [1.82, 2.24) is 9.55 Å². The second kappa shape index (κ2) is 24.0. The van der Waals surface area contributed by atoms with E-state index in [-0.39, 0.29) is 48.1 Å². The Morgan fingerprint density at radius 2 is 0.950 bits per heavy atom. The van der Waals surface area contributed by atoms with E-state index in [9.17, 15) is 0 Å². The number of para-hydroxylation sites is 5. The fourth-order valence-corrected chi connectivity index (χ4v) is 15.4. The Labute approximate surface area is 605 Å². The molecule has 502 valence electrons. The molecule has 2 aliphatic heterocycles. The summed E-state index contributed by atoms with van der Waals surface area (Å²) >= 11 is 0. The van der Waals surface area contributed by atoms with Gasteiger partial charge in [-0.3, -0.25) is 0 Å². The summed E-state index contributed by atoms with van der Waals surface area (Å²) in [6.45, 7) is 36.9. The average Bonchev–Trinajstić information content (AvgIpc) is 1.48. The molecule has 0 unspecified atom stereocenters. The van der Waals surface area contributed by atoms with Gasteiger partial charge >= 0.3 is 0 Å². The van der Waals surface area contributed by atoms with E-state index < -0.39 is 5.41 Å². The summed E-state index contributed by atoms with van der Waals surface area (Å²) in [6.07, 6.45) is 2.06. The summed E-state index contributed by atoms with van der Waals surface area (Å²) in [5, 5.41) is 2.19. The van der Waals surface area contributed by atoms with E-state index in [2.05, 4.69) is 362 Å². The molecule has 4 heterocycles. The molecule has 100 heavy (non-hydrogen) atoms. The molecule has 0 fully saturated rings. The zero-order chi connectivity index (χ0) is 68.9. The first-order valence-electron chi connectivity index (χ1n) is 35.0. The van der Waals surface area contributed by atoms with Gasteiger partial charge in [-0.2, -0.15) is 12.1 Å². The van der Waals surface area contributed by atoms with Crippen LogP contribution in [0.4, 0.5) is 22.7 Å². The minimum absolute atomic E-state index is 0. The molecule has 1 aliphatic carbocycles. The molecule has 0 radical (unpaired) electrons. The zero-order valence-electron chi connectivity index (χ0n) is 60.0. The van der Waals surface area contributed by atoms with Gasteiger partial charge in [0.25, 0.3) is 0 Å². The molecular formula is C93H85N4O2Pt-3. The van der Waals surface area contributed by atoms with Gasteiger partial charge in [0.1, 0.15) is 17.3 Å². The van der Waals surface area contributed by atoms with Crippen LogP contribution in [0.2, 0.25) is 0 Å². The van der Waals surface area contributed by atoms with Crippen LogP contribution in [0.15, 0.2) is 237 Å². The molecule has 0 bridgehead atoms. The number of rotatable bonds is 8. The fraction of sp³-hybridized carbons (Fsp3) is 0.226. The van der Waals surface area contributed by atoms with Crippen LogP contribution in [-0.2, 0) is 53.6 Å². The van der Waals surface area contributed by atoms with E-state index in [1.807, 2.05) is 12.1 Å². The Morgan fingerprint density at radius 1 is 0.400 bits per heavy atom. The van der Waals surface area contributed by atoms with Gasteiger partial charge in [0, 0.05) is 89.2 Å². The molecule has 6 nitrogen and oxygen atoms in total. The van der Waals surface area contributed by atoms with Crippen molar-refractivity contribution < 1.29 is 30.5 Å². The standard InChI is InChI=1S/C93H85N4O2.Pt/c1-88(2,3)61-42-39-58(40-43-61)74-56-94-86(55-79(74)92(13,14)15)97-80-34-21-17-30-69(80)70-45-44-67(54-83(70)97)98-66-28-26-27-65(53-66)95-57-96(82-36-23-22-35-81(82)95)87-71(51-64(91(10,11)12)52-72(87)60-47-62(89(4,5)6)50-63(48-60)90(7,8)9)59-41-46-76-73(49-59)68-29-16-18-31-75(68)93(76)77-32-19-24-37-84(77)99-85-38-25-20-33-78(85)93;/h16-52,55-57H,1-15H3;/q-3;. The number of aromatic nitrogens is 2. The van der Waals surface area contributed by atoms with E-state index in [0.717, 1.165) is 101 Å². The minimum atomic E-state index is -0.600. The number of pyridine rings is 1. The number of hydrogen-bond donors (Lipinski definition) is 0. The molecule has 3 aliphatic rings. The molecule has 11 aromatic carbocycles. The number of anilines is 4. The molecule has 2 aromatic heterocycles. The Kier molecular flexibility index (Phi) is 15.9. The van der Waals surface area contributed by atoms with Crippen molar-refractivity contribution in [2.24, 2.45) is 0 Å². The van der Waals surface area contributed by atoms with Crippen molar-refractivity contribution in [1.29, 1.82) is 0 Å². The Bertz CT molecular complexity index is 5330. The third kappa shape index (κ3) is 11.1. The Hall–Kier alpha value is -9.74. The van der Waals surface area contributed by atoms with Gasteiger partial charge in [0.05, 0.1) is 5.41 Å². The first-order chi connectivity index (χ1) is 47.2. The van der Waals surface area contributed by atoms with Gasteiger partial charge in [0.2, 0.25) is 0 Å². The van der Waals surface area contributed by atoms with Gasteiger partial charge in [-0.1, -0.05) is 255 Å². The second-order valence-corrected chi connectivity index (χ2v) is 32.6. The normalized spacial score (nSPS) is 13.9. The predicted molar refractivity (Wildman–Crippen MR) is 411 cm³/mol. The molecule has 7 heteroatoms. The Balaban J connectivity index is 0.00000812. The van der Waals surface area contributed by atoms with Crippen molar-refractivity contribution in [3.8, 4) is 73.3 Å². The van der Waals surface area contributed by atoms with Crippen molar-refractivity contribution in [3.63, 3.8) is 0 Å². The van der Waals surface area contributed by atoms with Gasteiger partial charge in [-0.25, -0.2) is 4.98 Å². The van der Waals surface area contributed by atoms with Gasteiger partial charge in [0.15, 0.2) is 0 Å². The number of ether oxygens (including phenoxy) is 2. The maximum atomic E-state index is 6.97. The first-order valence-corrected chi connectivity index (χ1v) is 35.0. The SMILES string of the molecule is CC(C)(C)c1ccc(-c2cnc(-n3c4[c-]c(Oc5[c-]c(N6[CH-]N(c7c(-c8cc(C(C)(C)C)cc(C(C)(C)C)c8)cc(C(C)(C)C)cc7-c7ccc8c(c7)-c7ccccc7C87c8ccccc8Oc8ccccc87)c7ccccc76)ccc5)ccc4c4ccccc43)cc2C(C)(C)C)cc1.[Pt]. The summed E-state index contributed by atoms with van der Waals surface area (Å²) in [4.78, 5) is 9.99. The molecule has 0 saturated carbocycles. The predicted octanol–water partition coefficient (Wildman–Crippen LogP) is 24.9.